The number of pyridine rings is 1. The van der Waals surface area contributed by atoms with Crippen molar-refractivity contribution < 1.29 is 4.39 Å². The molecule has 8 heteroatoms. The van der Waals surface area contributed by atoms with Gasteiger partial charge in [-0.1, -0.05) is 0 Å². The van der Waals surface area contributed by atoms with Crippen LogP contribution in [0, 0.1) is 5.82 Å². The van der Waals surface area contributed by atoms with Gasteiger partial charge in [-0.2, -0.15) is 4.98 Å². The molecule has 0 spiro atoms. The number of rotatable bonds is 5. The zero-order valence-corrected chi connectivity index (χ0v) is 15.2. The second-order valence-corrected chi connectivity index (χ2v) is 6.67. The highest BCUT2D eigenvalue weighted by Crippen LogP contribution is 2.28. The van der Waals surface area contributed by atoms with Crippen LogP contribution >= 0.6 is 0 Å². The van der Waals surface area contributed by atoms with E-state index in [4.69, 9.17) is 0 Å². The van der Waals surface area contributed by atoms with E-state index in [0.29, 0.717) is 5.95 Å². The average molecular weight is 367 g/mol. The lowest BCUT2D eigenvalue weighted by molar-refractivity contribution is 0.470. The number of anilines is 2. The zero-order valence-electron chi connectivity index (χ0n) is 15.2. The molecule has 0 amide bonds. The van der Waals surface area contributed by atoms with Crippen LogP contribution < -0.4 is 10.2 Å². The van der Waals surface area contributed by atoms with Gasteiger partial charge in [0, 0.05) is 57.4 Å². The predicted molar refractivity (Wildman–Crippen MR) is 101 cm³/mol. The van der Waals surface area contributed by atoms with E-state index < -0.39 is 5.82 Å². The predicted octanol–water partition coefficient (Wildman–Crippen LogP) is 2.68. The lowest BCUT2D eigenvalue weighted by atomic mass is 9.97. The molecular weight excluding hydrogens is 345 g/mol. The maximum atomic E-state index is 13.7. The Morgan fingerprint density at radius 3 is 2.89 bits per heavy atom. The van der Waals surface area contributed by atoms with Gasteiger partial charge in [-0.15, -0.1) is 0 Å². The molecule has 4 heterocycles. The van der Waals surface area contributed by atoms with Gasteiger partial charge in [-0.25, -0.2) is 14.4 Å². The van der Waals surface area contributed by atoms with Crippen LogP contribution in [0.4, 0.5) is 16.2 Å². The molecule has 0 aliphatic carbocycles. The average Bonchev–Trinajstić information content (AvgIpc) is 3.17. The molecule has 0 unspecified atom stereocenters. The minimum Gasteiger partial charge on any atom is -0.371 e. The summed E-state index contributed by atoms with van der Waals surface area (Å²) >= 11 is 0. The van der Waals surface area contributed by atoms with Gasteiger partial charge in [0.05, 0.1) is 6.20 Å². The Morgan fingerprint density at radius 1 is 1.22 bits per heavy atom. The third-order valence-corrected chi connectivity index (χ3v) is 4.89. The van der Waals surface area contributed by atoms with Gasteiger partial charge in [0.15, 0.2) is 11.6 Å². The molecule has 3 aromatic heterocycles. The van der Waals surface area contributed by atoms with Gasteiger partial charge in [0.2, 0.25) is 5.95 Å². The normalized spacial score (nSPS) is 17.1. The summed E-state index contributed by atoms with van der Waals surface area (Å²) in [5, 5.41) is 2.78. The van der Waals surface area contributed by atoms with E-state index in [9.17, 15) is 4.39 Å². The Hall–Kier alpha value is -3.03. The van der Waals surface area contributed by atoms with Gasteiger partial charge in [0.1, 0.15) is 5.82 Å². The van der Waals surface area contributed by atoms with E-state index in [-0.39, 0.29) is 11.7 Å². The molecule has 140 valence electrons. The summed E-state index contributed by atoms with van der Waals surface area (Å²) in [7, 11) is 1.66. The summed E-state index contributed by atoms with van der Waals surface area (Å²) < 4.78 is 15.9. The number of nitrogens with zero attached hydrogens (tertiary/aromatic N) is 6. The van der Waals surface area contributed by atoms with E-state index >= 15 is 0 Å². The van der Waals surface area contributed by atoms with Crippen LogP contribution in [-0.2, 0) is 6.54 Å². The molecule has 0 aromatic carbocycles. The second-order valence-electron chi connectivity index (χ2n) is 6.67. The zero-order chi connectivity index (χ0) is 18.6. The third-order valence-electron chi connectivity index (χ3n) is 4.89. The lowest BCUT2D eigenvalue weighted by Crippen LogP contribution is -2.36. The first-order valence-corrected chi connectivity index (χ1v) is 9.10. The quantitative estimate of drug-likeness (QED) is 0.748. The van der Waals surface area contributed by atoms with Gasteiger partial charge >= 0.3 is 0 Å². The third kappa shape index (κ3) is 3.74. The summed E-state index contributed by atoms with van der Waals surface area (Å²) in [6, 6.07) is 4.03. The topological polar surface area (TPSA) is 71.8 Å². The summed E-state index contributed by atoms with van der Waals surface area (Å²) in [6.07, 6.45) is 10.8. The van der Waals surface area contributed by atoms with Crippen molar-refractivity contribution in [1.29, 1.82) is 0 Å². The van der Waals surface area contributed by atoms with Gasteiger partial charge in [-0.3, -0.25) is 4.98 Å². The minimum atomic E-state index is -0.442. The maximum absolute atomic E-state index is 13.7. The Labute approximate surface area is 157 Å². The molecule has 27 heavy (non-hydrogen) atoms. The smallest absolute Gasteiger partial charge is 0.227 e. The maximum Gasteiger partial charge on any atom is 0.227 e. The molecule has 1 aliphatic heterocycles. The number of nitrogens with one attached hydrogen (secondary N) is 1. The number of piperidine rings is 1. The first kappa shape index (κ1) is 17.4. The summed E-state index contributed by atoms with van der Waals surface area (Å²) in [5.41, 5.74) is 1.19. The van der Waals surface area contributed by atoms with Crippen LogP contribution in [0.25, 0.3) is 0 Å². The fourth-order valence-corrected chi connectivity index (χ4v) is 3.55. The Morgan fingerprint density at radius 2 is 2.07 bits per heavy atom. The van der Waals surface area contributed by atoms with Gasteiger partial charge < -0.3 is 14.8 Å². The van der Waals surface area contributed by atoms with Crippen molar-refractivity contribution in [3.63, 3.8) is 0 Å². The van der Waals surface area contributed by atoms with Crippen molar-refractivity contribution >= 4 is 11.8 Å². The first-order valence-electron chi connectivity index (χ1n) is 9.10. The van der Waals surface area contributed by atoms with E-state index in [0.717, 1.165) is 38.3 Å². The first-order chi connectivity index (χ1) is 13.2. The monoisotopic (exact) mass is 367 g/mol. The Balaban J connectivity index is 1.53. The highest BCUT2D eigenvalue weighted by atomic mass is 19.1. The van der Waals surface area contributed by atoms with Crippen molar-refractivity contribution in [2.24, 2.45) is 0 Å². The molecule has 1 fully saturated rings. The largest absolute Gasteiger partial charge is 0.371 e. The molecule has 1 saturated heterocycles. The number of halogens is 1. The van der Waals surface area contributed by atoms with Crippen LogP contribution in [0.2, 0.25) is 0 Å². The SMILES string of the molecule is CNc1nc(N2CCC[C@@H](c3nccn3Cc3ccncc3)C2)ncc1F. The van der Waals surface area contributed by atoms with Crippen LogP contribution in [-0.4, -0.2) is 44.6 Å². The van der Waals surface area contributed by atoms with Crippen molar-refractivity contribution in [2.45, 2.75) is 25.3 Å². The highest BCUT2D eigenvalue weighted by Gasteiger charge is 2.26. The molecule has 1 atom stereocenters. The standard InChI is InChI=1S/C19H22FN7/c1-21-17-16(20)11-24-19(25-17)27-9-2-3-15(13-27)18-23-8-10-26(18)12-14-4-6-22-7-5-14/h4-8,10-11,15H,2-3,9,12-13H2,1H3,(H,21,24,25)/t15-/m1/s1. The molecule has 0 bridgehead atoms. The molecule has 7 nitrogen and oxygen atoms in total. The molecule has 0 radical (unpaired) electrons. The minimum absolute atomic E-state index is 0.223. The van der Waals surface area contributed by atoms with Gasteiger partial charge in [0.25, 0.3) is 0 Å². The molecule has 1 N–H and O–H groups in total. The van der Waals surface area contributed by atoms with Crippen molar-refractivity contribution in [3.8, 4) is 0 Å². The fraction of sp³-hybridized carbons (Fsp3) is 0.368. The van der Waals surface area contributed by atoms with E-state index in [1.165, 1.54) is 11.8 Å². The lowest BCUT2D eigenvalue weighted by Gasteiger charge is -2.32. The molecule has 1 aliphatic rings. The Bertz CT molecular complexity index is 896. The van der Waals surface area contributed by atoms with Crippen LogP contribution in [0.15, 0.2) is 43.1 Å². The van der Waals surface area contributed by atoms with Crippen molar-refractivity contribution in [2.75, 3.05) is 30.4 Å². The van der Waals surface area contributed by atoms with Crippen LogP contribution in [0.3, 0.4) is 0 Å². The van der Waals surface area contributed by atoms with Crippen molar-refractivity contribution in [1.82, 2.24) is 24.5 Å². The molecule has 3 aromatic rings. The number of hydrogen-bond donors (Lipinski definition) is 1. The van der Waals surface area contributed by atoms with E-state index in [1.54, 1.807) is 19.4 Å². The van der Waals surface area contributed by atoms with Crippen molar-refractivity contribution in [3.05, 3.63) is 60.3 Å². The summed E-state index contributed by atoms with van der Waals surface area (Å²) in [6.45, 7) is 2.39. The summed E-state index contributed by atoms with van der Waals surface area (Å²) in [4.78, 5) is 19.3. The van der Waals surface area contributed by atoms with Gasteiger partial charge in [-0.05, 0) is 30.5 Å². The molecular formula is C19H22FN7. The molecule has 4 rings (SSSR count). The Kier molecular flexibility index (Phi) is 4.95. The van der Waals surface area contributed by atoms with E-state index in [2.05, 4.69) is 34.7 Å². The molecule has 0 saturated carbocycles. The second kappa shape index (κ2) is 7.69. The fourth-order valence-electron chi connectivity index (χ4n) is 3.55. The highest BCUT2D eigenvalue weighted by molar-refractivity contribution is 5.42. The van der Waals surface area contributed by atoms with Crippen LogP contribution in [0.5, 0.6) is 0 Å². The number of aromatic nitrogens is 5. The summed E-state index contributed by atoms with van der Waals surface area (Å²) in [5.74, 6) is 1.68. The van der Waals surface area contributed by atoms with Crippen LogP contribution in [0.1, 0.15) is 30.1 Å². The number of imidazole rings is 1. The van der Waals surface area contributed by atoms with E-state index in [1.807, 2.05) is 24.5 Å². The number of hydrogen-bond acceptors (Lipinski definition) is 6.